The van der Waals surface area contributed by atoms with Crippen LogP contribution < -0.4 is 11.0 Å². The van der Waals surface area contributed by atoms with Crippen molar-refractivity contribution in [2.24, 2.45) is 5.92 Å². The molecule has 0 amide bonds. The van der Waals surface area contributed by atoms with Crippen LogP contribution in [0.25, 0.3) is 0 Å². The Morgan fingerprint density at radius 1 is 1.22 bits per heavy atom. The quantitative estimate of drug-likeness (QED) is 0.770. The van der Waals surface area contributed by atoms with Crippen LogP contribution in [0, 0.1) is 5.92 Å². The molecule has 0 fully saturated rings. The number of nitrogens with one attached hydrogen (secondary N) is 1. The summed E-state index contributed by atoms with van der Waals surface area (Å²) in [5.74, 6) is 0.577. The molecule has 1 rings (SSSR count). The van der Waals surface area contributed by atoms with E-state index in [0.29, 0.717) is 12.0 Å². The van der Waals surface area contributed by atoms with E-state index in [9.17, 15) is 4.79 Å². The van der Waals surface area contributed by atoms with Crippen LogP contribution in [-0.4, -0.2) is 21.7 Å². The molecule has 1 N–H and O–H groups in total. The molecule has 1 aromatic rings. The Kier molecular flexibility index (Phi) is 6.19. The van der Waals surface area contributed by atoms with Gasteiger partial charge in [0.2, 0.25) is 0 Å². The Labute approximate surface area is 110 Å². The van der Waals surface area contributed by atoms with E-state index in [1.807, 2.05) is 23.9 Å². The summed E-state index contributed by atoms with van der Waals surface area (Å²) in [7, 11) is 0. The fourth-order valence-corrected chi connectivity index (χ4v) is 2.10. The molecule has 104 valence electrons. The summed E-state index contributed by atoms with van der Waals surface area (Å²) in [6, 6.07) is 0.375. The van der Waals surface area contributed by atoms with E-state index in [-0.39, 0.29) is 5.69 Å². The van der Waals surface area contributed by atoms with Gasteiger partial charge < -0.3 is 5.32 Å². The summed E-state index contributed by atoms with van der Waals surface area (Å²) in [5.41, 5.74) is 0.101. The van der Waals surface area contributed by atoms with Crippen LogP contribution in [0.15, 0.2) is 17.2 Å². The zero-order valence-electron chi connectivity index (χ0n) is 12.1. The third-order valence-electron chi connectivity index (χ3n) is 3.64. The van der Waals surface area contributed by atoms with Crippen LogP contribution in [0.4, 0.5) is 0 Å². The molecule has 0 aliphatic rings. The van der Waals surface area contributed by atoms with Gasteiger partial charge in [-0.15, -0.1) is 0 Å². The normalized spacial score (nSPS) is 14.7. The summed E-state index contributed by atoms with van der Waals surface area (Å²) in [4.78, 5) is 12.0. The van der Waals surface area contributed by atoms with Gasteiger partial charge in [0.25, 0.3) is 0 Å². The predicted molar refractivity (Wildman–Crippen MR) is 75.9 cm³/mol. The van der Waals surface area contributed by atoms with Crippen molar-refractivity contribution in [3.05, 3.63) is 22.9 Å². The highest BCUT2D eigenvalue weighted by Gasteiger charge is 2.16. The van der Waals surface area contributed by atoms with Gasteiger partial charge in [-0.3, -0.25) is 9.13 Å². The molecule has 2 atom stereocenters. The van der Waals surface area contributed by atoms with Crippen molar-refractivity contribution in [2.45, 2.75) is 59.7 Å². The Morgan fingerprint density at radius 2 is 1.89 bits per heavy atom. The summed E-state index contributed by atoms with van der Waals surface area (Å²) in [6.45, 7) is 11.1. The van der Waals surface area contributed by atoms with Gasteiger partial charge in [0.05, 0.1) is 0 Å². The first kappa shape index (κ1) is 15.0. The Morgan fingerprint density at radius 3 is 2.39 bits per heavy atom. The van der Waals surface area contributed by atoms with Crippen LogP contribution in [0.5, 0.6) is 0 Å². The van der Waals surface area contributed by atoms with Gasteiger partial charge in [0.1, 0.15) is 0 Å². The maximum atomic E-state index is 12.0. The van der Waals surface area contributed by atoms with E-state index in [2.05, 4.69) is 26.1 Å². The SMILES string of the molecule is CCCNC(Cn1ccn(CC)c1=O)C(C)CC. The van der Waals surface area contributed by atoms with Crippen molar-refractivity contribution in [1.82, 2.24) is 14.5 Å². The Hall–Kier alpha value is -1.03. The Balaban J connectivity index is 2.75. The van der Waals surface area contributed by atoms with Crippen LogP contribution in [-0.2, 0) is 13.1 Å². The highest BCUT2D eigenvalue weighted by molar-refractivity contribution is 4.84. The molecule has 18 heavy (non-hydrogen) atoms. The smallest absolute Gasteiger partial charge is 0.312 e. The molecule has 0 radical (unpaired) electrons. The minimum absolute atomic E-state index is 0.101. The van der Waals surface area contributed by atoms with Crippen molar-refractivity contribution < 1.29 is 0 Å². The highest BCUT2D eigenvalue weighted by atomic mass is 16.1. The lowest BCUT2D eigenvalue weighted by atomic mass is 9.99. The van der Waals surface area contributed by atoms with Crippen LogP contribution in [0.3, 0.4) is 0 Å². The summed E-state index contributed by atoms with van der Waals surface area (Å²) in [6.07, 6.45) is 6.02. The molecule has 0 aliphatic heterocycles. The second-order valence-corrected chi connectivity index (χ2v) is 4.97. The largest absolute Gasteiger partial charge is 0.328 e. The molecular formula is C14H27N3O. The van der Waals surface area contributed by atoms with E-state index in [0.717, 1.165) is 32.5 Å². The number of aromatic nitrogens is 2. The maximum absolute atomic E-state index is 12.0. The van der Waals surface area contributed by atoms with E-state index in [1.54, 1.807) is 4.57 Å². The third kappa shape index (κ3) is 3.73. The van der Waals surface area contributed by atoms with Crippen molar-refractivity contribution in [1.29, 1.82) is 0 Å². The zero-order chi connectivity index (χ0) is 13.5. The number of hydrogen-bond acceptors (Lipinski definition) is 2. The fraction of sp³-hybridized carbons (Fsp3) is 0.786. The molecule has 0 aliphatic carbocycles. The lowest BCUT2D eigenvalue weighted by Crippen LogP contribution is -2.41. The monoisotopic (exact) mass is 253 g/mol. The highest BCUT2D eigenvalue weighted by Crippen LogP contribution is 2.09. The van der Waals surface area contributed by atoms with E-state index < -0.39 is 0 Å². The molecule has 4 nitrogen and oxygen atoms in total. The summed E-state index contributed by atoms with van der Waals surface area (Å²) < 4.78 is 3.57. The number of aryl methyl sites for hydroxylation is 1. The average Bonchev–Trinajstić information content (AvgIpc) is 2.74. The standard InChI is InChI=1S/C14H27N3O/c1-5-8-15-13(12(4)6-2)11-17-10-9-16(7-3)14(17)18/h9-10,12-13,15H,5-8,11H2,1-4H3. The first-order valence-electron chi connectivity index (χ1n) is 7.12. The van der Waals surface area contributed by atoms with E-state index in [4.69, 9.17) is 0 Å². The molecular weight excluding hydrogens is 226 g/mol. The zero-order valence-corrected chi connectivity index (χ0v) is 12.1. The molecule has 1 heterocycles. The molecule has 0 saturated carbocycles. The number of rotatable bonds is 8. The van der Waals surface area contributed by atoms with Gasteiger partial charge in [0, 0.05) is 31.5 Å². The lowest BCUT2D eigenvalue weighted by molar-refractivity contribution is 0.326. The number of nitrogens with zero attached hydrogens (tertiary/aromatic N) is 2. The molecule has 0 bridgehead atoms. The Bertz CT molecular complexity index is 394. The van der Waals surface area contributed by atoms with Crippen molar-refractivity contribution in [3.63, 3.8) is 0 Å². The van der Waals surface area contributed by atoms with Crippen molar-refractivity contribution >= 4 is 0 Å². The molecule has 0 aromatic carbocycles. The van der Waals surface area contributed by atoms with Crippen molar-refractivity contribution in [2.75, 3.05) is 6.54 Å². The van der Waals surface area contributed by atoms with Gasteiger partial charge in [0.15, 0.2) is 0 Å². The fourth-order valence-electron chi connectivity index (χ4n) is 2.10. The van der Waals surface area contributed by atoms with Gasteiger partial charge in [-0.2, -0.15) is 0 Å². The van der Waals surface area contributed by atoms with Crippen LogP contribution in [0.2, 0.25) is 0 Å². The second kappa shape index (κ2) is 7.41. The molecule has 2 unspecified atom stereocenters. The molecule has 0 saturated heterocycles. The van der Waals surface area contributed by atoms with Gasteiger partial charge >= 0.3 is 5.69 Å². The maximum Gasteiger partial charge on any atom is 0.328 e. The van der Waals surface area contributed by atoms with Crippen LogP contribution in [0.1, 0.15) is 40.5 Å². The number of imidazole rings is 1. The molecule has 1 aromatic heterocycles. The predicted octanol–water partition coefficient (Wildman–Crippen LogP) is 2.08. The first-order valence-corrected chi connectivity index (χ1v) is 7.12. The number of hydrogen-bond donors (Lipinski definition) is 1. The van der Waals surface area contributed by atoms with Gasteiger partial charge in [-0.1, -0.05) is 27.2 Å². The summed E-state index contributed by atoms with van der Waals surface area (Å²) in [5, 5.41) is 3.55. The van der Waals surface area contributed by atoms with Gasteiger partial charge in [-0.05, 0) is 25.8 Å². The minimum atomic E-state index is 0.101. The lowest BCUT2D eigenvalue weighted by Gasteiger charge is -2.24. The topological polar surface area (TPSA) is 39.0 Å². The third-order valence-corrected chi connectivity index (χ3v) is 3.64. The van der Waals surface area contributed by atoms with Crippen molar-refractivity contribution in [3.8, 4) is 0 Å². The minimum Gasteiger partial charge on any atom is -0.312 e. The average molecular weight is 253 g/mol. The van der Waals surface area contributed by atoms with E-state index in [1.165, 1.54) is 0 Å². The summed E-state index contributed by atoms with van der Waals surface area (Å²) >= 11 is 0. The van der Waals surface area contributed by atoms with Gasteiger partial charge in [-0.25, -0.2) is 4.79 Å². The first-order chi connectivity index (χ1) is 8.63. The van der Waals surface area contributed by atoms with Crippen LogP contribution >= 0.6 is 0 Å². The second-order valence-electron chi connectivity index (χ2n) is 4.97. The van der Waals surface area contributed by atoms with E-state index >= 15 is 0 Å². The molecule has 0 spiro atoms. The molecule has 4 heteroatoms.